The zero-order chi connectivity index (χ0) is 11.6. The lowest BCUT2D eigenvalue weighted by Crippen LogP contribution is -2.38. The Kier molecular flexibility index (Phi) is 3.31. The van der Waals surface area contributed by atoms with Gasteiger partial charge in [-0.3, -0.25) is 0 Å². The van der Waals surface area contributed by atoms with Crippen LogP contribution in [0.25, 0.3) is 0 Å². The average molecular weight is 218 g/mol. The molecule has 2 atom stereocenters. The number of carbonyl (C=O) groups excluding carboxylic acids is 1. The number of carboxylic acids is 1. The van der Waals surface area contributed by atoms with Gasteiger partial charge in [-0.05, 0) is 20.8 Å². The Hall–Kier alpha value is -1.14. The van der Waals surface area contributed by atoms with Crippen LogP contribution in [-0.4, -0.2) is 41.6 Å². The predicted octanol–water partition coefficient (Wildman–Crippen LogP) is 0.154. The Morgan fingerprint density at radius 3 is 2.33 bits per heavy atom. The molecule has 0 aliphatic carbocycles. The van der Waals surface area contributed by atoms with Gasteiger partial charge in [0.25, 0.3) is 0 Å². The zero-order valence-corrected chi connectivity index (χ0v) is 8.85. The van der Waals surface area contributed by atoms with Gasteiger partial charge in [0.05, 0.1) is 6.61 Å². The summed E-state index contributed by atoms with van der Waals surface area (Å²) in [5, 5.41) is 8.82. The molecule has 0 bridgehead atoms. The largest absolute Gasteiger partial charge is 0.479 e. The maximum atomic E-state index is 11.4. The molecule has 1 aliphatic rings. The van der Waals surface area contributed by atoms with E-state index in [2.05, 4.69) is 0 Å². The van der Waals surface area contributed by atoms with E-state index in [4.69, 9.17) is 19.3 Å². The van der Waals surface area contributed by atoms with E-state index in [1.807, 2.05) is 0 Å². The van der Waals surface area contributed by atoms with Crippen molar-refractivity contribution >= 4 is 11.9 Å². The maximum Gasteiger partial charge on any atom is 0.338 e. The molecule has 1 unspecified atom stereocenters. The minimum atomic E-state index is -1.31. The number of carboxylic acid groups (broad SMARTS) is 1. The van der Waals surface area contributed by atoms with Crippen LogP contribution in [0.2, 0.25) is 0 Å². The average Bonchev–Trinajstić information content (AvgIpc) is 2.42. The second kappa shape index (κ2) is 4.16. The summed E-state index contributed by atoms with van der Waals surface area (Å²) in [4.78, 5) is 22.2. The van der Waals surface area contributed by atoms with Gasteiger partial charge in [-0.2, -0.15) is 0 Å². The summed E-state index contributed by atoms with van der Waals surface area (Å²) in [6.45, 7) is 4.89. The van der Waals surface area contributed by atoms with Crippen molar-refractivity contribution in [2.24, 2.45) is 0 Å². The summed E-state index contributed by atoms with van der Waals surface area (Å²) in [7, 11) is 0. The molecule has 1 N–H and O–H groups in total. The summed E-state index contributed by atoms with van der Waals surface area (Å²) >= 11 is 0. The van der Waals surface area contributed by atoms with Gasteiger partial charge in [-0.15, -0.1) is 0 Å². The molecule has 0 aromatic carbocycles. The maximum absolute atomic E-state index is 11.4. The molecule has 86 valence electrons. The van der Waals surface area contributed by atoms with Crippen molar-refractivity contribution < 1.29 is 28.9 Å². The van der Waals surface area contributed by atoms with Crippen molar-refractivity contribution in [1.82, 2.24) is 0 Å². The first kappa shape index (κ1) is 11.9. The molecule has 0 spiro atoms. The SMILES string of the molecule is CCOC(=O)[C@H]1OC(C)(C)OC1C(=O)O. The molecule has 1 heterocycles. The van der Waals surface area contributed by atoms with Gasteiger partial charge in [0.2, 0.25) is 0 Å². The van der Waals surface area contributed by atoms with Crippen LogP contribution in [0, 0.1) is 0 Å². The standard InChI is InChI=1S/C9H14O6/c1-4-13-8(12)6-5(7(10)11)14-9(2,3)15-6/h5-6H,4H2,1-3H3,(H,10,11)/t5?,6-/m0/s1. The molecule has 1 aliphatic heterocycles. The molecular formula is C9H14O6. The minimum absolute atomic E-state index is 0.172. The van der Waals surface area contributed by atoms with Crippen molar-refractivity contribution in [3.8, 4) is 0 Å². The fraction of sp³-hybridized carbons (Fsp3) is 0.778. The van der Waals surface area contributed by atoms with E-state index in [1.54, 1.807) is 20.8 Å². The molecule has 0 saturated carbocycles. The first-order valence-corrected chi connectivity index (χ1v) is 4.62. The molecule has 1 saturated heterocycles. The summed E-state index contributed by atoms with van der Waals surface area (Å²) < 4.78 is 14.9. The smallest absolute Gasteiger partial charge is 0.338 e. The number of esters is 1. The lowest BCUT2D eigenvalue weighted by molar-refractivity contribution is -0.171. The molecule has 6 heteroatoms. The van der Waals surface area contributed by atoms with E-state index in [0.29, 0.717) is 0 Å². The van der Waals surface area contributed by atoms with E-state index in [-0.39, 0.29) is 6.61 Å². The highest BCUT2D eigenvalue weighted by Crippen LogP contribution is 2.28. The van der Waals surface area contributed by atoms with Crippen LogP contribution >= 0.6 is 0 Å². The molecule has 0 aromatic heterocycles. The third-order valence-corrected chi connectivity index (χ3v) is 1.86. The number of carbonyl (C=O) groups is 2. The Bertz CT molecular complexity index is 272. The quantitative estimate of drug-likeness (QED) is 0.679. The number of hydrogen-bond acceptors (Lipinski definition) is 5. The summed E-state index contributed by atoms with van der Waals surface area (Å²) in [5.41, 5.74) is 0. The summed E-state index contributed by atoms with van der Waals surface area (Å²) in [6.07, 6.45) is -2.50. The molecular weight excluding hydrogens is 204 g/mol. The number of aliphatic carboxylic acids is 1. The highest BCUT2D eigenvalue weighted by molar-refractivity contribution is 5.85. The highest BCUT2D eigenvalue weighted by Gasteiger charge is 2.49. The Morgan fingerprint density at radius 1 is 1.33 bits per heavy atom. The fourth-order valence-electron chi connectivity index (χ4n) is 1.34. The Labute approximate surface area is 87.1 Å². The topological polar surface area (TPSA) is 82.1 Å². The van der Waals surface area contributed by atoms with Crippen LogP contribution in [0.1, 0.15) is 20.8 Å². The van der Waals surface area contributed by atoms with Crippen LogP contribution in [-0.2, 0) is 23.8 Å². The van der Waals surface area contributed by atoms with Crippen molar-refractivity contribution in [2.75, 3.05) is 6.61 Å². The third kappa shape index (κ3) is 2.66. The van der Waals surface area contributed by atoms with E-state index < -0.39 is 29.9 Å². The monoisotopic (exact) mass is 218 g/mol. The lowest BCUT2D eigenvalue weighted by atomic mass is 10.2. The van der Waals surface area contributed by atoms with E-state index in [1.165, 1.54) is 0 Å². The number of ether oxygens (including phenoxy) is 3. The van der Waals surface area contributed by atoms with E-state index in [9.17, 15) is 9.59 Å². The predicted molar refractivity (Wildman–Crippen MR) is 48.1 cm³/mol. The van der Waals surface area contributed by atoms with Crippen molar-refractivity contribution in [1.29, 1.82) is 0 Å². The summed E-state index contributed by atoms with van der Waals surface area (Å²) in [6, 6.07) is 0. The Morgan fingerprint density at radius 2 is 1.87 bits per heavy atom. The molecule has 6 nitrogen and oxygen atoms in total. The fourth-order valence-corrected chi connectivity index (χ4v) is 1.34. The third-order valence-electron chi connectivity index (χ3n) is 1.86. The highest BCUT2D eigenvalue weighted by atomic mass is 16.8. The van der Waals surface area contributed by atoms with Crippen molar-refractivity contribution in [3.05, 3.63) is 0 Å². The summed E-state index contributed by atoms with van der Waals surface area (Å²) in [5.74, 6) is -3.03. The molecule has 0 amide bonds. The van der Waals surface area contributed by atoms with Crippen LogP contribution < -0.4 is 0 Å². The van der Waals surface area contributed by atoms with Crippen molar-refractivity contribution in [2.45, 2.75) is 38.8 Å². The molecule has 1 fully saturated rings. The minimum Gasteiger partial charge on any atom is -0.479 e. The molecule has 0 radical (unpaired) electrons. The second-order valence-electron chi connectivity index (χ2n) is 3.57. The molecule has 0 aromatic rings. The van der Waals surface area contributed by atoms with Gasteiger partial charge < -0.3 is 19.3 Å². The van der Waals surface area contributed by atoms with Gasteiger partial charge in [0.15, 0.2) is 18.0 Å². The Balaban J connectivity index is 2.77. The van der Waals surface area contributed by atoms with Gasteiger partial charge in [0.1, 0.15) is 0 Å². The number of hydrogen-bond donors (Lipinski definition) is 1. The molecule has 1 rings (SSSR count). The van der Waals surface area contributed by atoms with E-state index in [0.717, 1.165) is 0 Å². The zero-order valence-electron chi connectivity index (χ0n) is 8.85. The normalized spacial score (nSPS) is 28.7. The van der Waals surface area contributed by atoms with E-state index >= 15 is 0 Å². The molecule has 15 heavy (non-hydrogen) atoms. The van der Waals surface area contributed by atoms with Gasteiger partial charge in [-0.25, -0.2) is 9.59 Å². The van der Waals surface area contributed by atoms with Gasteiger partial charge >= 0.3 is 11.9 Å². The van der Waals surface area contributed by atoms with Crippen LogP contribution in [0.4, 0.5) is 0 Å². The first-order chi connectivity index (χ1) is 6.87. The van der Waals surface area contributed by atoms with Crippen molar-refractivity contribution in [3.63, 3.8) is 0 Å². The second-order valence-corrected chi connectivity index (χ2v) is 3.57. The first-order valence-electron chi connectivity index (χ1n) is 4.62. The van der Waals surface area contributed by atoms with Gasteiger partial charge in [-0.1, -0.05) is 0 Å². The van der Waals surface area contributed by atoms with Crippen LogP contribution in [0.15, 0.2) is 0 Å². The van der Waals surface area contributed by atoms with Gasteiger partial charge in [0, 0.05) is 0 Å². The lowest BCUT2D eigenvalue weighted by Gasteiger charge is -2.15. The number of rotatable bonds is 3. The van der Waals surface area contributed by atoms with Crippen LogP contribution in [0.3, 0.4) is 0 Å². The van der Waals surface area contributed by atoms with Crippen LogP contribution in [0.5, 0.6) is 0 Å².